The smallest absolute Gasteiger partial charge is 0.337 e. The van der Waals surface area contributed by atoms with E-state index in [1.165, 1.54) is 7.11 Å². The summed E-state index contributed by atoms with van der Waals surface area (Å²) in [4.78, 5) is 10.9. The SMILES string of the molecule is COC(C(=O)O)c1ccc2c(c1)CCO2. The van der Waals surface area contributed by atoms with Crippen LogP contribution < -0.4 is 4.74 Å². The van der Waals surface area contributed by atoms with Crippen LogP contribution in [-0.4, -0.2) is 24.8 Å². The molecule has 1 aromatic carbocycles. The number of carbonyl (C=O) groups is 1. The molecule has 15 heavy (non-hydrogen) atoms. The maximum atomic E-state index is 10.9. The second-order valence-corrected chi connectivity index (χ2v) is 3.42. The molecule has 0 aromatic heterocycles. The second kappa shape index (κ2) is 3.90. The van der Waals surface area contributed by atoms with E-state index >= 15 is 0 Å². The lowest BCUT2D eigenvalue weighted by Gasteiger charge is -2.11. The van der Waals surface area contributed by atoms with E-state index in [-0.39, 0.29) is 0 Å². The summed E-state index contributed by atoms with van der Waals surface area (Å²) in [6.07, 6.45) is -0.0601. The van der Waals surface area contributed by atoms with Gasteiger partial charge in [0.05, 0.1) is 6.61 Å². The molecular weight excluding hydrogens is 196 g/mol. The van der Waals surface area contributed by atoms with Crippen LogP contribution in [0, 0.1) is 0 Å². The van der Waals surface area contributed by atoms with Crippen LogP contribution in [0.4, 0.5) is 0 Å². The molecule has 0 radical (unpaired) electrons. The monoisotopic (exact) mass is 208 g/mol. The van der Waals surface area contributed by atoms with Gasteiger partial charge in [0.15, 0.2) is 6.10 Å². The normalized spacial score (nSPS) is 15.5. The number of hydrogen-bond donors (Lipinski definition) is 1. The Morgan fingerprint density at radius 1 is 1.60 bits per heavy atom. The zero-order valence-electron chi connectivity index (χ0n) is 8.40. The number of ether oxygens (including phenoxy) is 2. The van der Waals surface area contributed by atoms with Gasteiger partial charge in [-0.3, -0.25) is 0 Å². The van der Waals surface area contributed by atoms with Crippen LogP contribution in [0.5, 0.6) is 5.75 Å². The Labute approximate surface area is 87.4 Å². The molecule has 4 nitrogen and oxygen atoms in total. The Bertz CT molecular complexity index is 386. The quantitative estimate of drug-likeness (QED) is 0.815. The van der Waals surface area contributed by atoms with Crippen molar-refractivity contribution < 1.29 is 19.4 Å². The Morgan fingerprint density at radius 3 is 3.07 bits per heavy atom. The predicted molar refractivity (Wildman–Crippen MR) is 53.0 cm³/mol. The van der Waals surface area contributed by atoms with Crippen LogP contribution in [-0.2, 0) is 16.0 Å². The largest absolute Gasteiger partial charge is 0.493 e. The Hall–Kier alpha value is -1.55. The summed E-state index contributed by atoms with van der Waals surface area (Å²) in [5, 5.41) is 8.92. The summed E-state index contributed by atoms with van der Waals surface area (Å²) in [6, 6.07) is 5.36. The van der Waals surface area contributed by atoms with Crippen LogP contribution in [0.3, 0.4) is 0 Å². The van der Waals surface area contributed by atoms with Gasteiger partial charge in [0.25, 0.3) is 0 Å². The highest BCUT2D eigenvalue weighted by molar-refractivity contribution is 5.74. The van der Waals surface area contributed by atoms with Crippen molar-refractivity contribution in [2.45, 2.75) is 12.5 Å². The lowest BCUT2D eigenvalue weighted by atomic mass is 10.0. The van der Waals surface area contributed by atoms with Gasteiger partial charge in [-0.15, -0.1) is 0 Å². The third-order valence-corrected chi connectivity index (χ3v) is 2.48. The second-order valence-electron chi connectivity index (χ2n) is 3.42. The summed E-state index contributed by atoms with van der Waals surface area (Å²) < 4.78 is 10.3. The van der Waals surface area contributed by atoms with Gasteiger partial charge in [0.1, 0.15) is 5.75 Å². The first kappa shape index (κ1) is 9.98. The van der Waals surface area contributed by atoms with Gasteiger partial charge >= 0.3 is 5.97 Å². The number of carboxylic acids is 1. The Kier molecular flexibility index (Phi) is 2.60. The topological polar surface area (TPSA) is 55.8 Å². The van der Waals surface area contributed by atoms with Gasteiger partial charge in [-0.1, -0.05) is 6.07 Å². The van der Waals surface area contributed by atoms with E-state index in [0.29, 0.717) is 12.2 Å². The molecule has 4 heteroatoms. The number of rotatable bonds is 3. The molecule has 80 valence electrons. The number of aliphatic carboxylic acids is 1. The molecule has 0 amide bonds. The molecule has 0 bridgehead atoms. The van der Waals surface area contributed by atoms with Crippen molar-refractivity contribution in [1.29, 1.82) is 0 Å². The zero-order chi connectivity index (χ0) is 10.8. The van der Waals surface area contributed by atoms with Crippen molar-refractivity contribution in [2.75, 3.05) is 13.7 Å². The van der Waals surface area contributed by atoms with E-state index in [0.717, 1.165) is 17.7 Å². The summed E-state index contributed by atoms with van der Waals surface area (Å²) in [7, 11) is 1.39. The minimum Gasteiger partial charge on any atom is -0.493 e. The first-order chi connectivity index (χ1) is 7.22. The Morgan fingerprint density at radius 2 is 2.40 bits per heavy atom. The fourth-order valence-corrected chi connectivity index (χ4v) is 1.75. The Balaban J connectivity index is 2.32. The summed E-state index contributed by atoms with van der Waals surface area (Å²) in [6.45, 7) is 0.670. The molecule has 1 unspecified atom stereocenters. The molecule has 1 atom stereocenters. The van der Waals surface area contributed by atoms with Crippen LogP contribution in [0.2, 0.25) is 0 Å². The third kappa shape index (κ3) is 1.80. The molecule has 2 rings (SSSR count). The van der Waals surface area contributed by atoms with Gasteiger partial charge in [-0.2, -0.15) is 0 Å². The number of benzene rings is 1. The first-order valence-electron chi connectivity index (χ1n) is 4.73. The highest BCUT2D eigenvalue weighted by Gasteiger charge is 2.21. The van der Waals surface area contributed by atoms with Crippen molar-refractivity contribution in [3.8, 4) is 5.75 Å². The molecule has 1 N–H and O–H groups in total. The van der Waals surface area contributed by atoms with Gasteiger partial charge < -0.3 is 14.6 Å². The fraction of sp³-hybridized carbons (Fsp3) is 0.364. The van der Waals surface area contributed by atoms with Crippen molar-refractivity contribution in [3.05, 3.63) is 29.3 Å². The van der Waals surface area contributed by atoms with Gasteiger partial charge in [-0.05, 0) is 23.3 Å². The lowest BCUT2D eigenvalue weighted by molar-refractivity contribution is -0.148. The van der Waals surface area contributed by atoms with Gasteiger partial charge in [-0.25, -0.2) is 4.79 Å². The molecule has 1 heterocycles. The van der Waals surface area contributed by atoms with Crippen molar-refractivity contribution in [2.24, 2.45) is 0 Å². The maximum absolute atomic E-state index is 10.9. The zero-order valence-corrected chi connectivity index (χ0v) is 8.40. The van der Waals surface area contributed by atoms with Crippen molar-refractivity contribution >= 4 is 5.97 Å². The minimum absolute atomic E-state index is 0.661. The van der Waals surface area contributed by atoms with E-state index in [4.69, 9.17) is 14.6 Å². The van der Waals surface area contributed by atoms with Crippen LogP contribution in [0.1, 0.15) is 17.2 Å². The minimum atomic E-state index is -0.976. The van der Waals surface area contributed by atoms with Crippen LogP contribution >= 0.6 is 0 Å². The summed E-state index contributed by atoms with van der Waals surface area (Å²) in [5.41, 5.74) is 1.71. The molecule has 1 aliphatic rings. The van der Waals surface area contributed by atoms with E-state index < -0.39 is 12.1 Å². The molecule has 1 aromatic rings. The van der Waals surface area contributed by atoms with Crippen LogP contribution in [0.15, 0.2) is 18.2 Å². The van der Waals surface area contributed by atoms with Crippen molar-refractivity contribution in [3.63, 3.8) is 0 Å². The van der Waals surface area contributed by atoms with E-state index in [9.17, 15) is 4.79 Å². The fourth-order valence-electron chi connectivity index (χ4n) is 1.75. The van der Waals surface area contributed by atoms with E-state index in [1.54, 1.807) is 12.1 Å². The predicted octanol–water partition coefficient (Wildman–Crippen LogP) is 1.39. The molecular formula is C11H12O4. The average Bonchev–Trinajstić information content (AvgIpc) is 2.65. The number of methoxy groups -OCH3 is 1. The number of fused-ring (bicyclic) bond motifs is 1. The third-order valence-electron chi connectivity index (χ3n) is 2.48. The lowest BCUT2D eigenvalue weighted by Crippen LogP contribution is -2.13. The standard InChI is InChI=1S/C11H12O4/c1-14-10(11(12)13)8-2-3-9-7(6-8)4-5-15-9/h2-3,6,10H,4-5H2,1H3,(H,12,13). The number of hydrogen-bond acceptors (Lipinski definition) is 3. The van der Waals surface area contributed by atoms with E-state index in [2.05, 4.69) is 0 Å². The van der Waals surface area contributed by atoms with Crippen molar-refractivity contribution in [1.82, 2.24) is 0 Å². The molecule has 1 aliphatic heterocycles. The summed E-state index contributed by atoms with van der Waals surface area (Å²) in [5.74, 6) is -0.129. The molecule has 0 spiro atoms. The molecule has 0 fully saturated rings. The number of carboxylic acid groups (broad SMARTS) is 1. The molecule has 0 saturated heterocycles. The van der Waals surface area contributed by atoms with E-state index in [1.807, 2.05) is 6.07 Å². The average molecular weight is 208 g/mol. The first-order valence-corrected chi connectivity index (χ1v) is 4.73. The summed E-state index contributed by atoms with van der Waals surface area (Å²) >= 11 is 0. The van der Waals surface area contributed by atoms with Gasteiger partial charge in [0, 0.05) is 13.5 Å². The molecule has 0 aliphatic carbocycles. The highest BCUT2D eigenvalue weighted by atomic mass is 16.5. The van der Waals surface area contributed by atoms with Gasteiger partial charge in [0.2, 0.25) is 0 Å². The highest BCUT2D eigenvalue weighted by Crippen LogP contribution is 2.29. The maximum Gasteiger partial charge on any atom is 0.337 e. The van der Waals surface area contributed by atoms with Crippen LogP contribution in [0.25, 0.3) is 0 Å². The molecule has 0 saturated carbocycles.